The molecule has 3 rings (SSSR count). The Hall–Kier alpha value is -2.74. The third-order valence-corrected chi connectivity index (χ3v) is 3.64. The molecule has 0 bridgehead atoms. The quantitative estimate of drug-likeness (QED) is 0.798. The number of rotatable bonds is 4. The maximum atomic E-state index is 12.3. The smallest absolute Gasteiger partial charge is 0.264 e. The molecular weight excluding hydrogens is 302 g/mol. The molecule has 0 radical (unpaired) electrons. The lowest BCUT2D eigenvalue weighted by Crippen LogP contribution is -2.12. The molecule has 112 valence electrons. The number of methoxy groups -OCH3 is 1. The molecular formula is C14H13N5O2S. The number of amides is 1. The monoisotopic (exact) mass is 315 g/mol. The minimum absolute atomic E-state index is 0.279. The van der Waals surface area contributed by atoms with Crippen LogP contribution in [0.25, 0.3) is 11.4 Å². The minimum Gasteiger partial charge on any atom is -0.479 e. The van der Waals surface area contributed by atoms with E-state index in [0.717, 1.165) is 11.4 Å². The van der Waals surface area contributed by atoms with E-state index in [9.17, 15) is 4.79 Å². The van der Waals surface area contributed by atoms with Gasteiger partial charge >= 0.3 is 0 Å². The van der Waals surface area contributed by atoms with Crippen molar-refractivity contribution in [1.29, 1.82) is 0 Å². The van der Waals surface area contributed by atoms with Crippen LogP contribution >= 0.6 is 11.3 Å². The highest BCUT2D eigenvalue weighted by Crippen LogP contribution is 2.24. The zero-order valence-electron chi connectivity index (χ0n) is 12.0. The number of nitrogens with one attached hydrogen (secondary N) is 1. The SMILES string of the molecule is COc1nn(C)cc1C(=O)Nc1nc(-c2ccccn2)cs1. The summed E-state index contributed by atoms with van der Waals surface area (Å²) in [7, 11) is 3.20. The Bertz CT molecular complexity index is 797. The number of carbonyl (C=O) groups excluding carboxylic acids is 1. The number of hydrogen-bond donors (Lipinski definition) is 1. The topological polar surface area (TPSA) is 81.9 Å². The van der Waals surface area contributed by atoms with E-state index < -0.39 is 0 Å². The van der Waals surface area contributed by atoms with Gasteiger partial charge < -0.3 is 4.74 Å². The number of ether oxygens (including phenoxy) is 1. The second-order valence-corrected chi connectivity index (χ2v) is 5.29. The highest BCUT2D eigenvalue weighted by Gasteiger charge is 2.17. The van der Waals surface area contributed by atoms with E-state index in [1.807, 2.05) is 23.6 Å². The number of nitrogens with zero attached hydrogens (tertiary/aromatic N) is 4. The average Bonchev–Trinajstić information content (AvgIpc) is 3.14. The predicted molar refractivity (Wildman–Crippen MR) is 83.1 cm³/mol. The molecule has 7 nitrogen and oxygen atoms in total. The summed E-state index contributed by atoms with van der Waals surface area (Å²) in [6.07, 6.45) is 3.30. The standard InChI is InChI=1S/C14H13N5O2S/c1-19-7-9(13(18-19)21-2)12(20)17-14-16-11(8-22-14)10-5-3-4-6-15-10/h3-8H,1-2H3,(H,16,17,20). The lowest BCUT2D eigenvalue weighted by molar-refractivity contribution is 0.102. The summed E-state index contributed by atoms with van der Waals surface area (Å²) in [4.78, 5) is 20.9. The van der Waals surface area contributed by atoms with E-state index in [2.05, 4.69) is 20.4 Å². The van der Waals surface area contributed by atoms with Gasteiger partial charge in [-0.3, -0.25) is 19.8 Å². The van der Waals surface area contributed by atoms with Gasteiger partial charge in [-0.05, 0) is 12.1 Å². The Labute approximate surface area is 130 Å². The van der Waals surface area contributed by atoms with Crippen molar-refractivity contribution in [3.8, 4) is 17.3 Å². The van der Waals surface area contributed by atoms with Gasteiger partial charge in [0.05, 0.1) is 12.8 Å². The van der Waals surface area contributed by atoms with E-state index in [0.29, 0.717) is 10.7 Å². The summed E-state index contributed by atoms with van der Waals surface area (Å²) in [6.45, 7) is 0. The molecule has 0 aliphatic rings. The molecule has 0 aliphatic carbocycles. The van der Waals surface area contributed by atoms with Gasteiger partial charge in [0, 0.05) is 24.8 Å². The van der Waals surface area contributed by atoms with Crippen LogP contribution in [0, 0.1) is 0 Å². The Morgan fingerprint density at radius 1 is 1.36 bits per heavy atom. The van der Waals surface area contributed by atoms with Gasteiger partial charge in [-0.15, -0.1) is 16.4 Å². The van der Waals surface area contributed by atoms with E-state index in [1.54, 1.807) is 19.4 Å². The Kier molecular flexibility index (Phi) is 3.84. The number of carbonyl (C=O) groups is 1. The minimum atomic E-state index is -0.313. The molecule has 3 aromatic heterocycles. The fourth-order valence-corrected chi connectivity index (χ4v) is 2.60. The maximum Gasteiger partial charge on any atom is 0.264 e. The van der Waals surface area contributed by atoms with Crippen LogP contribution in [0.1, 0.15) is 10.4 Å². The van der Waals surface area contributed by atoms with Crippen molar-refractivity contribution in [2.24, 2.45) is 7.05 Å². The van der Waals surface area contributed by atoms with Crippen LogP contribution in [0.5, 0.6) is 5.88 Å². The third-order valence-electron chi connectivity index (χ3n) is 2.88. The largest absolute Gasteiger partial charge is 0.479 e. The number of pyridine rings is 1. The summed E-state index contributed by atoms with van der Waals surface area (Å²) in [5.74, 6) is -0.0339. The Balaban J connectivity index is 1.79. The van der Waals surface area contributed by atoms with Crippen molar-refractivity contribution in [3.05, 3.63) is 41.5 Å². The lowest BCUT2D eigenvalue weighted by Gasteiger charge is -2.00. The van der Waals surface area contributed by atoms with Crippen molar-refractivity contribution in [2.45, 2.75) is 0 Å². The predicted octanol–water partition coefficient (Wildman–Crippen LogP) is 2.20. The van der Waals surface area contributed by atoms with Crippen LogP contribution in [0.15, 0.2) is 36.0 Å². The van der Waals surface area contributed by atoms with E-state index in [4.69, 9.17) is 4.74 Å². The zero-order valence-corrected chi connectivity index (χ0v) is 12.8. The summed E-state index contributed by atoms with van der Waals surface area (Å²) in [5.41, 5.74) is 1.84. The van der Waals surface area contributed by atoms with Crippen molar-refractivity contribution in [1.82, 2.24) is 19.7 Å². The molecule has 1 amide bonds. The first-order valence-corrected chi connectivity index (χ1v) is 7.31. The summed E-state index contributed by atoms with van der Waals surface area (Å²) >= 11 is 1.34. The fraction of sp³-hybridized carbons (Fsp3) is 0.143. The van der Waals surface area contributed by atoms with Crippen molar-refractivity contribution in [2.75, 3.05) is 12.4 Å². The summed E-state index contributed by atoms with van der Waals surface area (Å²) in [5, 5.41) is 9.14. The molecule has 0 atom stereocenters. The fourth-order valence-electron chi connectivity index (χ4n) is 1.90. The molecule has 0 aliphatic heterocycles. The van der Waals surface area contributed by atoms with Gasteiger partial charge in [0.25, 0.3) is 5.91 Å². The maximum absolute atomic E-state index is 12.3. The van der Waals surface area contributed by atoms with Gasteiger partial charge in [0.15, 0.2) is 5.13 Å². The van der Waals surface area contributed by atoms with Crippen LogP contribution in [-0.2, 0) is 7.05 Å². The van der Waals surface area contributed by atoms with Gasteiger partial charge in [-0.25, -0.2) is 4.98 Å². The number of anilines is 1. The molecule has 22 heavy (non-hydrogen) atoms. The van der Waals surface area contributed by atoms with Crippen LogP contribution < -0.4 is 10.1 Å². The first-order valence-electron chi connectivity index (χ1n) is 6.43. The van der Waals surface area contributed by atoms with Crippen LogP contribution in [0.4, 0.5) is 5.13 Å². The number of aromatic nitrogens is 4. The molecule has 0 spiro atoms. The average molecular weight is 315 g/mol. The molecule has 0 aromatic carbocycles. The normalized spacial score (nSPS) is 10.5. The molecule has 1 N–H and O–H groups in total. The van der Waals surface area contributed by atoms with E-state index in [-0.39, 0.29) is 11.8 Å². The van der Waals surface area contributed by atoms with Crippen molar-refractivity contribution in [3.63, 3.8) is 0 Å². The first kappa shape index (κ1) is 14.2. The molecule has 0 saturated heterocycles. The van der Waals surface area contributed by atoms with Crippen molar-refractivity contribution < 1.29 is 9.53 Å². The van der Waals surface area contributed by atoms with Crippen molar-refractivity contribution >= 4 is 22.4 Å². The van der Waals surface area contributed by atoms with Gasteiger partial charge in [-0.1, -0.05) is 6.07 Å². The van der Waals surface area contributed by atoms with Gasteiger partial charge in [0.2, 0.25) is 5.88 Å². The Morgan fingerprint density at radius 3 is 2.95 bits per heavy atom. The number of aryl methyl sites for hydroxylation is 1. The highest BCUT2D eigenvalue weighted by atomic mass is 32.1. The second kappa shape index (κ2) is 5.94. The number of hydrogen-bond acceptors (Lipinski definition) is 6. The van der Waals surface area contributed by atoms with Gasteiger partial charge in [0.1, 0.15) is 11.3 Å². The number of thiazole rings is 1. The second-order valence-electron chi connectivity index (χ2n) is 4.43. The Morgan fingerprint density at radius 2 is 2.23 bits per heavy atom. The molecule has 8 heteroatoms. The van der Waals surface area contributed by atoms with Crippen LogP contribution in [0.2, 0.25) is 0 Å². The molecule has 3 aromatic rings. The molecule has 0 saturated carbocycles. The lowest BCUT2D eigenvalue weighted by atomic mass is 10.3. The highest BCUT2D eigenvalue weighted by molar-refractivity contribution is 7.14. The van der Waals surface area contributed by atoms with Crippen LogP contribution in [-0.4, -0.2) is 32.8 Å². The zero-order chi connectivity index (χ0) is 15.5. The van der Waals surface area contributed by atoms with Gasteiger partial charge in [-0.2, -0.15) is 0 Å². The molecule has 0 unspecified atom stereocenters. The first-order chi connectivity index (χ1) is 10.7. The third kappa shape index (κ3) is 2.82. The van der Waals surface area contributed by atoms with Crippen LogP contribution in [0.3, 0.4) is 0 Å². The summed E-state index contributed by atoms with van der Waals surface area (Å²) in [6, 6.07) is 5.60. The van der Waals surface area contributed by atoms with E-state index >= 15 is 0 Å². The summed E-state index contributed by atoms with van der Waals surface area (Å²) < 4.78 is 6.60. The van der Waals surface area contributed by atoms with E-state index in [1.165, 1.54) is 23.1 Å². The molecule has 3 heterocycles. The molecule has 0 fully saturated rings.